The van der Waals surface area contributed by atoms with Gasteiger partial charge in [-0.2, -0.15) is 4.39 Å². The lowest BCUT2D eigenvalue weighted by molar-refractivity contribution is -0.721. The standard InChI is InChI=1S/C7H11FN3/c1-10(2)7-5-4-6(8)9-11(7)3/h4-5H,1-3H3/q+1. The van der Waals surface area contributed by atoms with Crippen LogP contribution in [0, 0.1) is 5.95 Å². The molecule has 0 aliphatic carbocycles. The van der Waals surface area contributed by atoms with Gasteiger partial charge >= 0.3 is 0 Å². The summed E-state index contributed by atoms with van der Waals surface area (Å²) in [7, 11) is 5.47. The number of rotatable bonds is 1. The maximum absolute atomic E-state index is 12.5. The van der Waals surface area contributed by atoms with E-state index in [9.17, 15) is 4.39 Å². The first-order valence-corrected chi connectivity index (χ1v) is 3.31. The summed E-state index contributed by atoms with van der Waals surface area (Å²) in [4.78, 5) is 1.87. The molecule has 0 atom stereocenters. The second kappa shape index (κ2) is 2.82. The smallest absolute Gasteiger partial charge is 0.266 e. The van der Waals surface area contributed by atoms with Crippen molar-refractivity contribution in [1.82, 2.24) is 5.10 Å². The van der Waals surface area contributed by atoms with Gasteiger partial charge in [0.2, 0.25) is 0 Å². The number of anilines is 1. The molecule has 1 rings (SSSR count). The van der Waals surface area contributed by atoms with E-state index in [0.717, 1.165) is 5.82 Å². The first-order chi connectivity index (χ1) is 5.11. The molecular formula is C7H11FN3+. The van der Waals surface area contributed by atoms with E-state index in [2.05, 4.69) is 5.10 Å². The molecule has 0 bridgehead atoms. The quantitative estimate of drug-likeness (QED) is 0.538. The lowest BCUT2D eigenvalue weighted by atomic mass is 10.5. The van der Waals surface area contributed by atoms with Gasteiger partial charge in [0.1, 0.15) is 7.05 Å². The molecule has 0 aliphatic heterocycles. The molecule has 60 valence electrons. The maximum atomic E-state index is 12.5. The Bertz CT molecular complexity index is 260. The van der Waals surface area contributed by atoms with Gasteiger partial charge in [-0.05, 0) is 0 Å². The van der Waals surface area contributed by atoms with Crippen molar-refractivity contribution in [2.75, 3.05) is 19.0 Å². The number of nitrogens with zero attached hydrogens (tertiary/aromatic N) is 3. The van der Waals surface area contributed by atoms with Crippen LogP contribution in [0.3, 0.4) is 0 Å². The molecule has 0 unspecified atom stereocenters. The van der Waals surface area contributed by atoms with Crippen LogP contribution in [-0.2, 0) is 7.05 Å². The first-order valence-electron chi connectivity index (χ1n) is 3.31. The summed E-state index contributed by atoms with van der Waals surface area (Å²) in [6, 6.07) is 3.03. The molecule has 0 amide bonds. The van der Waals surface area contributed by atoms with Gasteiger partial charge in [-0.15, -0.1) is 4.68 Å². The van der Waals surface area contributed by atoms with E-state index in [4.69, 9.17) is 0 Å². The monoisotopic (exact) mass is 156 g/mol. The highest BCUT2D eigenvalue weighted by Gasteiger charge is 2.09. The number of hydrogen-bond acceptors (Lipinski definition) is 2. The summed E-state index contributed by atoms with van der Waals surface area (Å²) in [6.07, 6.45) is 0. The summed E-state index contributed by atoms with van der Waals surface area (Å²) < 4.78 is 14.0. The maximum Gasteiger partial charge on any atom is 0.296 e. The largest absolute Gasteiger partial charge is 0.296 e. The Morgan fingerprint density at radius 1 is 1.45 bits per heavy atom. The SMILES string of the molecule is CN(C)c1ccc(F)n[n+]1C. The lowest BCUT2D eigenvalue weighted by Crippen LogP contribution is -2.40. The van der Waals surface area contributed by atoms with E-state index >= 15 is 0 Å². The van der Waals surface area contributed by atoms with Gasteiger partial charge < -0.3 is 0 Å². The van der Waals surface area contributed by atoms with Crippen LogP contribution in [0.5, 0.6) is 0 Å². The Balaban J connectivity index is 3.09. The zero-order valence-corrected chi connectivity index (χ0v) is 6.87. The predicted octanol–water partition coefficient (Wildman–Crippen LogP) is 0.111. The third-order valence-corrected chi connectivity index (χ3v) is 1.41. The zero-order chi connectivity index (χ0) is 8.43. The first kappa shape index (κ1) is 7.91. The topological polar surface area (TPSA) is 20.0 Å². The summed E-state index contributed by atoms with van der Waals surface area (Å²) in [5.41, 5.74) is 0. The van der Waals surface area contributed by atoms with Crippen molar-refractivity contribution in [3.8, 4) is 0 Å². The molecule has 0 radical (unpaired) electrons. The van der Waals surface area contributed by atoms with Crippen LogP contribution in [-0.4, -0.2) is 19.2 Å². The van der Waals surface area contributed by atoms with Crippen LogP contribution in [0.15, 0.2) is 12.1 Å². The van der Waals surface area contributed by atoms with Crippen molar-refractivity contribution >= 4 is 5.82 Å². The van der Waals surface area contributed by atoms with E-state index in [0.29, 0.717) is 0 Å². The van der Waals surface area contributed by atoms with Gasteiger partial charge in [-0.3, -0.25) is 4.90 Å². The Kier molecular flexibility index (Phi) is 2.03. The third kappa shape index (κ3) is 1.63. The van der Waals surface area contributed by atoms with E-state index in [1.165, 1.54) is 10.7 Å². The molecule has 1 aromatic rings. The van der Waals surface area contributed by atoms with Gasteiger partial charge in [-0.1, -0.05) is 5.10 Å². The van der Waals surface area contributed by atoms with E-state index in [1.807, 2.05) is 19.0 Å². The van der Waals surface area contributed by atoms with Gasteiger partial charge in [-0.25, -0.2) is 0 Å². The highest BCUT2D eigenvalue weighted by Crippen LogP contribution is 2.00. The predicted molar refractivity (Wildman–Crippen MR) is 39.7 cm³/mol. The normalized spacial score (nSPS) is 9.82. The lowest BCUT2D eigenvalue weighted by Gasteiger charge is -2.04. The second-order valence-electron chi connectivity index (χ2n) is 2.53. The fourth-order valence-electron chi connectivity index (χ4n) is 0.918. The average molecular weight is 156 g/mol. The molecule has 3 nitrogen and oxygen atoms in total. The molecule has 0 saturated heterocycles. The molecule has 0 fully saturated rings. The van der Waals surface area contributed by atoms with Crippen LogP contribution < -0.4 is 9.58 Å². The van der Waals surface area contributed by atoms with Crippen LogP contribution in [0.1, 0.15) is 0 Å². The van der Waals surface area contributed by atoms with Crippen LogP contribution in [0.4, 0.5) is 10.2 Å². The molecular weight excluding hydrogens is 145 g/mol. The molecule has 0 aromatic carbocycles. The number of aryl methyl sites for hydroxylation is 1. The highest BCUT2D eigenvalue weighted by atomic mass is 19.1. The molecule has 1 aromatic heterocycles. The Hall–Kier alpha value is -1.19. The van der Waals surface area contributed by atoms with Gasteiger partial charge in [0.15, 0.2) is 0 Å². The minimum atomic E-state index is -0.460. The molecule has 4 heteroatoms. The van der Waals surface area contributed by atoms with E-state index in [1.54, 1.807) is 13.1 Å². The molecule has 1 heterocycles. The molecule has 0 spiro atoms. The number of aromatic nitrogens is 2. The Morgan fingerprint density at radius 2 is 2.09 bits per heavy atom. The summed E-state index contributed by atoms with van der Waals surface area (Å²) in [5, 5.41) is 3.60. The van der Waals surface area contributed by atoms with E-state index < -0.39 is 5.95 Å². The van der Waals surface area contributed by atoms with Crippen molar-refractivity contribution in [2.45, 2.75) is 0 Å². The number of halogens is 1. The van der Waals surface area contributed by atoms with Crippen LogP contribution >= 0.6 is 0 Å². The van der Waals surface area contributed by atoms with E-state index in [-0.39, 0.29) is 0 Å². The third-order valence-electron chi connectivity index (χ3n) is 1.41. The van der Waals surface area contributed by atoms with Crippen molar-refractivity contribution < 1.29 is 9.07 Å². The highest BCUT2D eigenvalue weighted by molar-refractivity contribution is 5.28. The minimum Gasteiger partial charge on any atom is -0.266 e. The molecule has 0 N–H and O–H groups in total. The van der Waals surface area contributed by atoms with Gasteiger partial charge in [0.05, 0.1) is 14.1 Å². The summed E-state index contributed by atoms with van der Waals surface area (Å²) >= 11 is 0. The Labute approximate surface area is 65.1 Å². The summed E-state index contributed by atoms with van der Waals surface area (Å²) in [6.45, 7) is 0. The van der Waals surface area contributed by atoms with Crippen molar-refractivity contribution in [3.63, 3.8) is 0 Å². The zero-order valence-electron chi connectivity index (χ0n) is 6.87. The van der Waals surface area contributed by atoms with Crippen LogP contribution in [0.25, 0.3) is 0 Å². The average Bonchev–Trinajstić information content (AvgIpc) is 1.85. The van der Waals surface area contributed by atoms with Gasteiger partial charge in [0, 0.05) is 12.1 Å². The van der Waals surface area contributed by atoms with Crippen molar-refractivity contribution in [2.24, 2.45) is 7.05 Å². The molecule has 11 heavy (non-hydrogen) atoms. The Morgan fingerprint density at radius 3 is 2.55 bits per heavy atom. The molecule has 0 aliphatic rings. The summed E-state index contributed by atoms with van der Waals surface area (Å²) in [5.74, 6) is 0.407. The fourth-order valence-corrected chi connectivity index (χ4v) is 0.918. The van der Waals surface area contributed by atoms with Crippen molar-refractivity contribution in [1.29, 1.82) is 0 Å². The number of hydrogen-bond donors (Lipinski definition) is 0. The van der Waals surface area contributed by atoms with Crippen LogP contribution in [0.2, 0.25) is 0 Å². The van der Waals surface area contributed by atoms with Gasteiger partial charge in [0.25, 0.3) is 11.8 Å². The minimum absolute atomic E-state index is 0.460. The second-order valence-corrected chi connectivity index (χ2v) is 2.53. The fraction of sp³-hybridized carbons (Fsp3) is 0.429. The molecule has 0 saturated carbocycles. The van der Waals surface area contributed by atoms with Crippen molar-refractivity contribution in [3.05, 3.63) is 18.1 Å².